The molecule has 0 atom stereocenters. The third-order valence-electron chi connectivity index (χ3n) is 2.86. The van der Waals surface area contributed by atoms with Gasteiger partial charge in [0.2, 0.25) is 0 Å². The van der Waals surface area contributed by atoms with Crippen LogP contribution in [0.3, 0.4) is 0 Å². The van der Waals surface area contributed by atoms with Crippen molar-refractivity contribution in [1.82, 2.24) is 4.98 Å². The van der Waals surface area contributed by atoms with Gasteiger partial charge < -0.3 is 0 Å². The number of nitro benzene ring substituents is 2. The molecule has 0 unspecified atom stereocenters. The van der Waals surface area contributed by atoms with Gasteiger partial charge in [-0.3, -0.25) is 30.6 Å². The molecule has 2 rings (SSSR count). The molecule has 0 aliphatic rings. The molecule has 0 radical (unpaired) electrons. The van der Waals surface area contributed by atoms with Gasteiger partial charge in [-0.05, 0) is 24.6 Å². The largest absolute Gasteiger partial charge is 0.301 e. The normalized spacial score (nSPS) is 10.6. The number of aromatic nitrogens is 1. The van der Waals surface area contributed by atoms with E-state index in [1.807, 2.05) is 6.92 Å². The Morgan fingerprint density at radius 3 is 2.64 bits per heavy atom. The number of nitrogens with zero attached hydrogens (tertiary/aromatic N) is 4. The van der Waals surface area contributed by atoms with E-state index in [-0.39, 0.29) is 11.4 Å². The van der Waals surface area contributed by atoms with Crippen molar-refractivity contribution in [3.05, 3.63) is 68.0 Å². The van der Waals surface area contributed by atoms with Crippen molar-refractivity contribution in [1.29, 1.82) is 0 Å². The molecule has 9 nitrogen and oxygen atoms in total. The zero-order chi connectivity index (χ0) is 16.1. The van der Waals surface area contributed by atoms with Gasteiger partial charge in [-0.15, -0.1) is 0 Å². The van der Waals surface area contributed by atoms with Gasteiger partial charge >= 0.3 is 5.69 Å². The molecule has 0 fully saturated rings. The second-order valence-corrected chi connectivity index (χ2v) is 4.32. The van der Waals surface area contributed by atoms with Crippen molar-refractivity contribution < 1.29 is 9.85 Å². The van der Waals surface area contributed by atoms with Crippen LogP contribution < -0.4 is 5.43 Å². The van der Waals surface area contributed by atoms with E-state index in [2.05, 4.69) is 15.5 Å². The number of benzene rings is 1. The number of hydrogen-bond acceptors (Lipinski definition) is 7. The van der Waals surface area contributed by atoms with E-state index in [1.54, 1.807) is 18.5 Å². The molecule has 2 aromatic rings. The number of rotatable bonds is 5. The number of hydrogen-bond donors (Lipinski definition) is 1. The predicted molar refractivity (Wildman–Crippen MR) is 79.9 cm³/mol. The van der Waals surface area contributed by atoms with Crippen LogP contribution in [-0.4, -0.2) is 21.0 Å². The maximum absolute atomic E-state index is 11.0. The Kier molecular flexibility index (Phi) is 4.37. The Morgan fingerprint density at radius 1 is 1.23 bits per heavy atom. The minimum absolute atomic E-state index is 0.0633. The van der Waals surface area contributed by atoms with Gasteiger partial charge in [-0.2, -0.15) is 5.10 Å². The molecule has 1 aromatic heterocycles. The molecule has 0 bridgehead atoms. The lowest BCUT2D eigenvalue weighted by atomic mass is 10.2. The number of nitrogens with one attached hydrogen (secondary N) is 1. The number of aryl methyl sites for hydroxylation is 1. The van der Waals surface area contributed by atoms with Crippen LogP contribution in [0.2, 0.25) is 0 Å². The van der Waals surface area contributed by atoms with Crippen molar-refractivity contribution in [2.24, 2.45) is 5.10 Å². The van der Waals surface area contributed by atoms with Crippen LogP contribution in [0, 0.1) is 27.2 Å². The molecule has 0 spiro atoms. The summed E-state index contributed by atoms with van der Waals surface area (Å²) in [7, 11) is 0. The zero-order valence-electron chi connectivity index (χ0n) is 11.5. The summed E-state index contributed by atoms with van der Waals surface area (Å²) in [6, 6.07) is 5.09. The average molecular weight is 301 g/mol. The summed E-state index contributed by atoms with van der Waals surface area (Å²) < 4.78 is 0. The van der Waals surface area contributed by atoms with Gasteiger partial charge in [-0.1, -0.05) is 0 Å². The molecule has 0 amide bonds. The Bertz CT molecular complexity index is 760. The van der Waals surface area contributed by atoms with Crippen LogP contribution in [0.5, 0.6) is 0 Å². The van der Waals surface area contributed by atoms with Gasteiger partial charge in [0.1, 0.15) is 5.69 Å². The van der Waals surface area contributed by atoms with Crippen molar-refractivity contribution in [2.75, 3.05) is 5.43 Å². The molecular formula is C13H11N5O4. The highest BCUT2D eigenvalue weighted by Gasteiger charge is 2.18. The minimum atomic E-state index is -0.708. The van der Waals surface area contributed by atoms with Crippen LogP contribution in [0.25, 0.3) is 0 Å². The van der Waals surface area contributed by atoms with E-state index >= 15 is 0 Å². The smallest absolute Gasteiger partial charge is 0.272 e. The van der Waals surface area contributed by atoms with E-state index < -0.39 is 15.5 Å². The Morgan fingerprint density at radius 2 is 2.00 bits per heavy atom. The van der Waals surface area contributed by atoms with E-state index in [9.17, 15) is 20.2 Å². The molecule has 0 saturated heterocycles. The first-order valence-corrected chi connectivity index (χ1v) is 6.11. The first-order chi connectivity index (χ1) is 10.5. The third kappa shape index (κ3) is 3.39. The van der Waals surface area contributed by atoms with Crippen LogP contribution in [-0.2, 0) is 0 Å². The van der Waals surface area contributed by atoms with Crippen molar-refractivity contribution >= 4 is 23.3 Å². The quantitative estimate of drug-likeness (QED) is 0.514. The highest BCUT2D eigenvalue weighted by atomic mass is 16.6. The molecule has 112 valence electrons. The first kappa shape index (κ1) is 15.0. The van der Waals surface area contributed by atoms with Crippen molar-refractivity contribution in [3.63, 3.8) is 0 Å². The number of nitro groups is 2. The lowest BCUT2D eigenvalue weighted by Gasteiger charge is -2.02. The number of non-ortho nitro benzene ring substituents is 1. The van der Waals surface area contributed by atoms with Crippen LogP contribution in [0.4, 0.5) is 17.1 Å². The lowest BCUT2D eigenvalue weighted by Crippen LogP contribution is -1.99. The van der Waals surface area contributed by atoms with Crippen LogP contribution >= 0.6 is 0 Å². The fourth-order valence-corrected chi connectivity index (χ4v) is 1.66. The van der Waals surface area contributed by atoms with Crippen molar-refractivity contribution in [3.8, 4) is 0 Å². The van der Waals surface area contributed by atoms with Gasteiger partial charge in [0, 0.05) is 24.0 Å². The highest BCUT2D eigenvalue weighted by Crippen LogP contribution is 2.28. The van der Waals surface area contributed by atoms with Gasteiger partial charge in [-0.25, -0.2) is 0 Å². The molecule has 1 heterocycles. The van der Waals surface area contributed by atoms with Crippen molar-refractivity contribution in [2.45, 2.75) is 6.92 Å². The second-order valence-electron chi connectivity index (χ2n) is 4.32. The summed E-state index contributed by atoms with van der Waals surface area (Å²) in [5.74, 6) is 0. The van der Waals surface area contributed by atoms with E-state index in [0.717, 1.165) is 17.2 Å². The predicted octanol–water partition coefficient (Wildman–Crippen LogP) is 2.65. The molecule has 22 heavy (non-hydrogen) atoms. The zero-order valence-corrected chi connectivity index (χ0v) is 11.5. The summed E-state index contributed by atoms with van der Waals surface area (Å²) in [6.07, 6.45) is 4.71. The molecule has 0 saturated carbocycles. The highest BCUT2D eigenvalue weighted by molar-refractivity contribution is 5.82. The lowest BCUT2D eigenvalue weighted by molar-refractivity contribution is -0.393. The summed E-state index contributed by atoms with van der Waals surface area (Å²) in [5, 5.41) is 25.5. The SMILES string of the molecule is Cc1ccncc1/C=N/Nc1ccc([N+](=O)[O-])cc1[N+](=O)[O-]. The number of pyridine rings is 1. The van der Waals surface area contributed by atoms with E-state index in [4.69, 9.17) is 0 Å². The number of anilines is 1. The van der Waals surface area contributed by atoms with Gasteiger partial charge in [0.05, 0.1) is 22.1 Å². The maximum atomic E-state index is 11.0. The summed E-state index contributed by atoms with van der Waals surface area (Å²) in [5.41, 5.74) is 3.49. The van der Waals surface area contributed by atoms with Gasteiger partial charge in [0.15, 0.2) is 0 Å². The monoisotopic (exact) mass is 301 g/mol. The Hall–Kier alpha value is -3.36. The first-order valence-electron chi connectivity index (χ1n) is 6.11. The Labute approximate surface area is 124 Å². The Balaban J connectivity index is 2.24. The number of hydrazone groups is 1. The summed E-state index contributed by atoms with van der Waals surface area (Å²) in [4.78, 5) is 24.2. The molecule has 9 heteroatoms. The standard InChI is InChI=1S/C13H11N5O4/c1-9-4-5-14-7-10(9)8-15-16-12-3-2-11(17(19)20)6-13(12)18(21)22/h2-8,16H,1H3/b15-8+. The molecular weight excluding hydrogens is 290 g/mol. The average Bonchev–Trinajstić information content (AvgIpc) is 2.49. The van der Waals surface area contributed by atoms with Gasteiger partial charge in [0.25, 0.3) is 5.69 Å². The van der Waals surface area contributed by atoms with Crippen LogP contribution in [0.15, 0.2) is 41.8 Å². The van der Waals surface area contributed by atoms with Crippen LogP contribution in [0.1, 0.15) is 11.1 Å². The summed E-state index contributed by atoms with van der Waals surface area (Å²) in [6.45, 7) is 1.87. The third-order valence-corrected chi connectivity index (χ3v) is 2.86. The fourth-order valence-electron chi connectivity index (χ4n) is 1.66. The van der Waals surface area contributed by atoms with E-state index in [0.29, 0.717) is 0 Å². The molecule has 0 aliphatic heterocycles. The minimum Gasteiger partial charge on any atom is -0.272 e. The molecule has 0 aliphatic carbocycles. The topological polar surface area (TPSA) is 124 Å². The molecule has 1 N–H and O–H groups in total. The summed E-state index contributed by atoms with van der Waals surface area (Å²) >= 11 is 0. The maximum Gasteiger partial charge on any atom is 0.301 e. The molecule has 1 aromatic carbocycles. The second kappa shape index (κ2) is 6.39. The fraction of sp³-hybridized carbons (Fsp3) is 0.0769. The van der Waals surface area contributed by atoms with E-state index in [1.165, 1.54) is 18.3 Å².